The maximum atomic E-state index is 5.47. The number of rotatable bonds is 3. The van der Waals surface area contributed by atoms with Crippen LogP contribution < -0.4 is 5.32 Å². The minimum Gasteiger partial charge on any atom is -0.382 e. The summed E-state index contributed by atoms with van der Waals surface area (Å²) in [6.07, 6.45) is 4.61. The molecule has 0 bridgehead atoms. The highest BCUT2D eigenvalue weighted by Gasteiger charge is 2.11. The van der Waals surface area contributed by atoms with Crippen LogP contribution in [0.5, 0.6) is 0 Å². The lowest BCUT2D eigenvalue weighted by molar-refractivity contribution is 0.144. The fourth-order valence-corrected chi connectivity index (χ4v) is 2.16. The van der Waals surface area contributed by atoms with Crippen molar-refractivity contribution in [1.82, 2.24) is 0 Å². The van der Waals surface area contributed by atoms with Crippen molar-refractivity contribution in [3.8, 4) is 0 Å². The highest BCUT2D eigenvalue weighted by Crippen LogP contribution is 2.17. The number of nitrogens with one attached hydrogen (secondary N) is 1. The molecule has 16 heavy (non-hydrogen) atoms. The summed E-state index contributed by atoms with van der Waals surface area (Å²) in [6.45, 7) is 4.01. The third kappa shape index (κ3) is 3.24. The molecule has 0 aromatic heterocycles. The lowest BCUT2D eigenvalue weighted by atomic mass is 10.1. The molecule has 1 N–H and O–H groups in total. The number of hydrogen-bond acceptors (Lipinski definition) is 2. The van der Waals surface area contributed by atoms with E-state index in [0.29, 0.717) is 6.04 Å². The van der Waals surface area contributed by atoms with E-state index in [1.807, 2.05) is 0 Å². The zero-order valence-electron chi connectivity index (χ0n) is 10.0. The average molecular weight is 219 g/mol. The highest BCUT2D eigenvalue weighted by molar-refractivity contribution is 5.46. The SMILES string of the molecule is CCc1cccc(NC2CCCOCC2)c1. The standard InChI is InChI=1S/C14H21NO/c1-2-12-5-3-6-14(11-12)15-13-7-4-9-16-10-8-13/h3,5-6,11,13,15H,2,4,7-10H2,1H3. The van der Waals surface area contributed by atoms with Crippen LogP contribution in [0.3, 0.4) is 0 Å². The molecule has 0 spiro atoms. The third-order valence-electron chi connectivity index (χ3n) is 3.16. The molecule has 88 valence electrons. The van der Waals surface area contributed by atoms with Gasteiger partial charge in [-0.2, -0.15) is 0 Å². The molecule has 0 saturated carbocycles. The predicted octanol–water partition coefficient (Wildman–Crippen LogP) is 3.23. The van der Waals surface area contributed by atoms with Crippen LogP contribution in [0, 0.1) is 0 Å². The Morgan fingerprint density at radius 2 is 2.25 bits per heavy atom. The van der Waals surface area contributed by atoms with Gasteiger partial charge in [-0.3, -0.25) is 0 Å². The minimum absolute atomic E-state index is 0.578. The van der Waals surface area contributed by atoms with Gasteiger partial charge in [0.15, 0.2) is 0 Å². The van der Waals surface area contributed by atoms with Crippen LogP contribution >= 0.6 is 0 Å². The van der Waals surface area contributed by atoms with Gasteiger partial charge in [0.05, 0.1) is 0 Å². The first-order valence-electron chi connectivity index (χ1n) is 6.31. The summed E-state index contributed by atoms with van der Waals surface area (Å²) >= 11 is 0. The molecule has 1 aliphatic heterocycles. The fourth-order valence-electron chi connectivity index (χ4n) is 2.16. The van der Waals surface area contributed by atoms with Gasteiger partial charge in [0.25, 0.3) is 0 Å². The maximum absolute atomic E-state index is 5.47. The van der Waals surface area contributed by atoms with Gasteiger partial charge < -0.3 is 10.1 Å². The van der Waals surface area contributed by atoms with E-state index in [-0.39, 0.29) is 0 Å². The minimum atomic E-state index is 0.578. The summed E-state index contributed by atoms with van der Waals surface area (Å²) in [5.41, 5.74) is 2.65. The first-order chi connectivity index (χ1) is 7.88. The third-order valence-corrected chi connectivity index (χ3v) is 3.16. The Morgan fingerprint density at radius 3 is 3.12 bits per heavy atom. The highest BCUT2D eigenvalue weighted by atomic mass is 16.5. The molecule has 1 aliphatic rings. The van der Waals surface area contributed by atoms with Crippen molar-refractivity contribution in [3.63, 3.8) is 0 Å². The van der Waals surface area contributed by atoms with Gasteiger partial charge in [0, 0.05) is 24.9 Å². The van der Waals surface area contributed by atoms with Gasteiger partial charge in [-0.15, -0.1) is 0 Å². The van der Waals surface area contributed by atoms with Crippen LogP contribution in [0.2, 0.25) is 0 Å². The zero-order valence-corrected chi connectivity index (χ0v) is 10.0. The first-order valence-corrected chi connectivity index (χ1v) is 6.31. The molecule has 0 amide bonds. The Bertz CT molecular complexity index is 316. The second-order valence-corrected chi connectivity index (χ2v) is 4.44. The molecule has 2 heteroatoms. The Hall–Kier alpha value is -1.02. The van der Waals surface area contributed by atoms with Crippen molar-refractivity contribution in [2.45, 2.75) is 38.6 Å². The first kappa shape index (κ1) is 11.5. The summed E-state index contributed by atoms with van der Waals surface area (Å²) < 4.78 is 5.47. The summed E-state index contributed by atoms with van der Waals surface area (Å²) in [4.78, 5) is 0. The van der Waals surface area contributed by atoms with E-state index >= 15 is 0 Å². The summed E-state index contributed by atoms with van der Waals surface area (Å²) in [5.74, 6) is 0. The molecule has 1 atom stereocenters. The van der Waals surface area contributed by atoms with Gasteiger partial charge in [0.1, 0.15) is 0 Å². The van der Waals surface area contributed by atoms with Gasteiger partial charge >= 0.3 is 0 Å². The lowest BCUT2D eigenvalue weighted by Crippen LogP contribution is -2.19. The molecule has 1 aromatic carbocycles. The molecule has 2 rings (SSSR count). The van der Waals surface area contributed by atoms with Crippen LogP contribution in [-0.4, -0.2) is 19.3 Å². The molecular weight excluding hydrogens is 198 g/mol. The van der Waals surface area contributed by atoms with Crippen molar-refractivity contribution in [2.75, 3.05) is 18.5 Å². The van der Waals surface area contributed by atoms with Crippen molar-refractivity contribution in [3.05, 3.63) is 29.8 Å². The molecule has 0 aliphatic carbocycles. The average Bonchev–Trinajstić information content (AvgIpc) is 2.58. The van der Waals surface area contributed by atoms with E-state index in [9.17, 15) is 0 Å². The van der Waals surface area contributed by atoms with Gasteiger partial charge in [-0.05, 0) is 43.4 Å². The summed E-state index contributed by atoms with van der Waals surface area (Å²) in [6, 6.07) is 9.31. The second-order valence-electron chi connectivity index (χ2n) is 4.44. The number of anilines is 1. The van der Waals surface area contributed by atoms with Crippen LogP contribution in [-0.2, 0) is 11.2 Å². The normalized spacial score (nSPS) is 21.4. The van der Waals surface area contributed by atoms with E-state index in [1.54, 1.807) is 0 Å². The summed E-state index contributed by atoms with van der Waals surface area (Å²) in [5, 5.41) is 3.62. The molecule has 1 heterocycles. The molecule has 1 fully saturated rings. The Kier molecular flexibility index (Phi) is 4.23. The number of hydrogen-bond donors (Lipinski definition) is 1. The largest absolute Gasteiger partial charge is 0.382 e. The van der Waals surface area contributed by atoms with Gasteiger partial charge in [-0.1, -0.05) is 19.1 Å². The van der Waals surface area contributed by atoms with E-state index in [1.165, 1.54) is 24.1 Å². The van der Waals surface area contributed by atoms with Crippen molar-refractivity contribution in [2.24, 2.45) is 0 Å². The predicted molar refractivity (Wildman–Crippen MR) is 67.9 cm³/mol. The number of aryl methyl sites for hydroxylation is 1. The molecular formula is C14H21NO. The Balaban J connectivity index is 1.96. The van der Waals surface area contributed by atoms with E-state index < -0.39 is 0 Å². The number of benzene rings is 1. The van der Waals surface area contributed by atoms with Crippen LogP contribution in [0.25, 0.3) is 0 Å². The van der Waals surface area contributed by atoms with Gasteiger partial charge in [-0.25, -0.2) is 0 Å². The Morgan fingerprint density at radius 1 is 1.31 bits per heavy atom. The lowest BCUT2D eigenvalue weighted by Gasteiger charge is -2.17. The van der Waals surface area contributed by atoms with E-state index in [0.717, 1.165) is 26.1 Å². The van der Waals surface area contributed by atoms with Crippen LogP contribution in [0.1, 0.15) is 31.7 Å². The molecule has 0 radical (unpaired) electrons. The van der Waals surface area contributed by atoms with Crippen molar-refractivity contribution < 1.29 is 4.74 Å². The number of ether oxygens (including phenoxy) is 1. The Labute approximate surface area is 98.0 Å². The quantitative estimate of drug-likeness (QED) is 0.842. The smallest absolute Gasteiger partial charge is 0.0485 e. The topological polar surface area (TPSA) is 21.3 Å². The van der Waals surface area contributed by atoms with Crippen molar-refractivity contribution in [1.29, 1.82) is 0 Å². The van der Waals surface area contributed by atoms with E-state index in [4.69, 9.17) is 4.74 Å². The molecule has 1 unspecified atom stereocenters. The van der Waals surface area contributed by atoms with Crippen LogP contribution in [0.4, 0.5) is 5.69 Å². The zero-order chi connectivity index (χ0) is 11.2. The summed E-state index contributed by atoms with van der Waals surface area (Å²) in [7, 11) is 0. The monoisotopic (exact) mass is 219 g/mol. The fraction of sp³-hybridized carbons (Fsp3) is 0.571. The van der Waals surface area contributed by atoms with Crippen LogP contribution in [0.15, 0.2) is 24.3 Å². The van der Waals surface area contributed by atoms with Gasteiger partial charge in [0.2, 0.25) is 0 Å². The molecule has 1 saturated heterocycles. The van der Waals surface area contributed by atoms with Crippen molar-refractivity contribution >= 4 is 5.69 Å². The maximum Gasteiger partial charge on any atom is 0.0485 e. The molecule has 2 nitrogen and oxygen atoms in total. The second kappa shape index (κ2) is 5.90. The van der Waals surface area contributed by atoms with E-state index in [2.05, 4.69) is 36.5 Å². The molecule has 1 aromatic rings.